The molecular weight excluding hydrogens is 305 g/mol. The Morgan fingerprint density at radius 1 is 1.22 bits per heavy atom. The molecule has 0 unspecified atom stereocenters. The zero-order chi connectivity index (χ0) is 16.3. The van der Waals surface area contributed by atoms with Crippen molar-refractivity contribution in [2.45, 2.75) is 38.3 Å². The molecule has 1 aliphatic heterocycles. The van der Waals surface area contributed by atoms with Crippen LogP contribution in [0.25, 0.3) is 0 Å². The summed E-state index contributed by atoms with van der Waals surface area (Å²) in [6.07, 6.45) is 0.686. The van der Waals surface area contributed by atoms with Gasteiger partial charge in [-0.2, -0.15) is 13.2 Å². The molecule has 1 aliphatic carbocycles. The van der Waals surface area contributed by atoms with Crippen LogP contribution in [-0.4, -0.2) is 42.3 Å². The molecule has 3 rings (SSSR count). The van der Waals surface area contributed by atoms with Gasteiger partial charge < -0.3 is 9.64 Å². The van der Waals surface area contributed by atoms with Crippen LogP contribution in [0.3, 0.4) is 0 Å². The molecule has 0 spiro atoms. The van der Waals surface area contributed by atoms with Gasteiger partial charge in [-0.05, 0) is 50.8 Å². The number of rotatable bonds is 5. The molecule has 1 saturated carbocycles. The van der Waals surface area contributed by atoms with E-state index in [1.54, 1.807) is 6.20 Å². The Balaban J connectivity index is 1.44. The van der Waals surface area contributed by atoms with Gasteiger partial charge >= 0.3 is 6.18 Å². The predicted octanol–water partition coefficient (Wildman–Crippen LogP) is 3.91. The van der Waals surface area contributed by atoms with Crippen LogP contribution in [-0.2, 0) is 0 Å². The molecule has 2 fully saturated rings. The SMILES string of the molecule is FC(F)(F)C1(CN2CCC(COc3ccccn3)CC2)CCC1. The Kier molecular flexibility index (Phi) is 4.80. The first-order chi connectivity index (χ1) is 11.0. The summed E-state index contributed by atoms with van der Waals surface area (Å²) in [5.41, 5.74) is -1.44. The molecule has 1 aromatic heterocycles. The van der Waals surface area contributed by atoms with Crippen LogP contribution < -0.4 is 4.74 Å². The summed E-state index contributed by atoms with van der Waals surface area (Å²) < 4.78 is 45.4. The van der Waals surface area contributed by atoms with E-state index in [2.05, 4.69) is 4.98 Å². The summed E-state index contributed by atoms with van der Waals surface area (Å²) in [7, 11) is 0. The van der Waals surface area contributed by atoms with Gasteiger partial charge in [0, 0.05) is 18.8 Å². The molecule has 0 bridgehead atoms. The van der Waals surface area contributed by atoms with Gasteiger partial charge in [0.05, 0.1) is 12.0 Å². The number of nitrogens with zero attached hydrogens (tertiary/aromatic N) is 2. The molecule has 0 atom stereocenters. The molecule has 0 N–H and O–H groups in total. The van der Waals surface area contributed by atoms with Gasteiger partial charge in [-0.3, -0.25) is 0 Å². The van der Waals surface area contributed by atoms with E-state index < -0.39 is 11.6 Å². The summed E-state index contributed by atoms with van der Waals surface area (Å²) in [5.74, 6) is 1.01. The normalized spacial score (nSPS) is 22.6. The number of halogens is 3. The average molecular weight is 328 g/mol. The Morgan fingerprint density at radius 3 is 2.48 bits per heavy atom. The molecule has 23 heavy (non-hydrogen) atoms. The van der Waals surface area contributed by atoms with Gasteiger partial charge in [-0.25, -0.2) is 4.98 Å². The molecule has 2 heterocycles. The molecule has 0 aromatic carbocycles. The minimum atomic E-state index is -4.07. The highest BCUT2D eigenvalue weighted by atomic mass is 19.4. The lowest BCUT2D eigenvalue weighted by Gasteiger charge is -2.47. The molecule has 6 heteroatoms. The Hall–Kier alpha value is -1.30. The minimum Gasteiger partial charge on any atom is -0.477 e. The molecular formula is C17H23F3N2O. The second-order valence-electron chi connectivity index (χ2n) is 6.83. The Bertz CT molecular complexity index is 494. The largest absolute Gasteiger partial charge is 0.477 e. The molecule has 1 aromatic rings. The van der Waals surface area contributed by atoms with Gasteiger partial charge in [-0.15, -0.1) is 0 Å². The number of hydrogen-bond acceptors (Lipinski definition) is 3. The van der Waals surface area contributed by atoms with E-state index in [0.717, 1.165) is 25.9 Å². The van der Waals surface area contributed by atoms with Crippen molar-refractivity contribution in [3.8, 4) is 5.88 Å². The van der Waals surface area contributed by atoms with Crippen LogP contribution in [0.5, 0.6) is 5.88 Å². The molecule has 0 radical (unpaired) electrons. The predicted molar refractivity (Wildman–Crippen MR) is 81.2 cm³/mol. The van der Waals surface area contributed by atoms with Gasteiger partial charge in [0.15, 0.2) is 0 Å². The quantitative estimate of drug-likeness (QED) is 0.819. The maximum Gasteiger partial charge on any atom is 0.395 e. The molecule has 1 saturated heterocycles. The third kappa shape index (κ3) is 3.79. The first kappa shape index (κ1) is 16.6. The smallest absolute Gasteiger partial charge is 0.395 e. The summed E-state index contributed by atoms with van der Waals surface area (Å²) in [6.45, 7) is 2.22. The van der Waals surface area contributed by atoms with Crippen molar-refractivity contribution < 1.29 is 17.9 Å². The number of piperidine rings is 1. The number of likely N-dealkylation sites (tertiary alicyclic amines) is 1. The average Bonchev–Trinajstić information content (AvgIpc) is 2.50. The van der Waals surface area contributed by atoms with Crippen LogP contribution in [0.4, 0.5) is 13.2 Å². The molecule has 128 valence electrons. The minimum absolute atomic E-state index is 0.171. The van der Waals surface area contributed by atoms with E-state index in [-0.39, 0.29) is 6.54 Å². The standard InChI is InChI=1S/C17H23F3N2O/c18-17(19,20)16(7-3-8-16)13-22-10-5-14(6-11-22)12-23-15-4-1-2-9-21-15/h1-2,4,9,14H,3,5-8,10-13H2. The summed E-state index contributed by atoms with van der Waals surface area (Å²) in [4.78, 5) is 6.10. The first-order valence-electron chi connectivity index (χ1n) is 8.31. The second-order valence-corrected chi connectivity index (χ2v) is 6.83. The van der Waals surface area contributed by atoms with Crippen LogP contribution in [0.15, 0.2) is 24.4 Å². The highest BCUT2D eigenvalue weighted by Crippen LogP contribution is 2.53. The Morgan fingerprint density at radius 2 is 1.96 bits per heavy atom. The summed E-state index contributed by atoms with van der Waals surface area (Å²) in [6, 6.07) is 5.53. The van der Waals surface area contributed by atoms with Crippen molar-refractivity contribution in [2.24, 2.45) is 11.3 Å². The van der Waals surface area contributed by atoms with E-state index in [0.29, 0.717) is 37.7 Å². The number of alkyl halides is 3. The lowest BCUT2D eigenvalue weighted by atomic mass is 9.67. The topological polar surface area (TPSA) is 25.4 Å². The van der Waals surface area contributed by atoms with Crippen molar-refractivity contribution in [1.29, 1.82) is 0 Å². The van der Waals surface area contributed by atoms with Crippen molar-refractivity contribution in [3.05, 3.63) is 24.4 Å². The third-order valence-corrected chi connectivity index (χ3v) is 5.25. The van der Waals surface area contributed by atoms with Crippen molar-refractivity contribution in [1.82, 2.24) is 9.88 Å². The Labute approximate surface area is 134 Å². The lowest BCUT2D eigenvalue weighted by Crippen LogP contribution is -2.53. The van der Waals surface area contributed by atoms with Gasteiger partial charge in [0.25, 0.3) is 0 Å². The molecule has 0 amide bonds. The van der Waals surface area contributed by atoms with Crippen molar-refractivity contribution >= 4 is 0 Å². The fraction of sp³-hybridized carbons (Fsp3) is 0.706. The highest BCUT2D eigenvalue weighted by molar-refractivity contribution is 5.09. The number of pyridine rings is 1. The van der Waals surface area contributed by atoms with Crippen LogP contribution >= 0.6 is 0 Å². The lowest BCUT2D eigenvalue weighted by molar-refractivity contribution is -0.256. The maximum absolute atomic E-state index is 13.2. The van der Waals surface area contributed by atoms with Gasteiger partial charge in [-0.1, -0.05) is 12.5 Å². The van der Waals surface area contributed by atoms with Crippen LogP contribution in [0.2, 0.25) is 0 Å². The van der Waals surface area contributed by atoms with Crippen molar-refractivity contribution in [3.63, 3.8) is 0 Å². The monoisotopic (exact) mass is 328 g/mol. The summed E-state index contributed by atoms with van der Waals surface area (Å²) in [5, 5.41) is 0. The van der Waals surface area contributed by atoms with Crippen LogP contribution in [0, 0.1) is 11.3 Å². The van der Waals surface area contributed by atoms with E-state index in [1.165, 1.54) is 0 Å². The van der Waals surface area contributed by atoms with Gasteiger partial charge in [0.1, 0.15) is 0 Å². The number of hydrogen-bond donors (Lipinski definition) is 0. The zero-order valence-corrected chi connectivity index (χ0v) is 13.2. The second kappa shape index (κ2) is 6.67. The van der Waals surface area contributed by atoms with E-state index in [9.17, 15) is 13.2 Å². The third-order valence-electron chi connectivity index (χ3n) is 5.25. The summed E-state index contributed by atoms with van der Waals surface area (Å²) >= 11 is 0. The highest BCUT2D eigenvalue weighted by Gasteiger charge is 2.58. The molecule has 2 aliphatic rings. The molecule has 3 nitrogen and oxygen atoms in total. The zero-order valence-electron chi connectivity index (χ0n) is 13.2. The van der Waals surface area contributed by atoms with Gasteiger partial charge in [0.2, 0.25) is 5.88 Å². The fourth-order valence-corrected chi connectivity index (χ4v) is 3.51. The van der Waals surface area contributed by atoms with E-state index in [1.807, 2.05) is 23.1 Å². The first-order valence-corrected chi connectivity index (χ1v) is 8.31. The van der Waals surface area contributed by atoms with E-state index in [4.69, 9.17) is 4.74 Å². The fourth-order valence-electron chi connectivity index (χ4n) is 3.51. The number of ether oxygens (including phenoxy) is 1. The van der Waals surface area contributed by atoms with E-state index >= 15 is 0 Å². The maximum atomic E-state index is 13.2. The number of aromatic nitrogens is 1. The van der Waals surface area contributed by atoms with Crippen LogP contribution in [0.1, 0.15) is 32.1 Å². The van der Waals surface area contributed by atoms with Crippen molar-refractivity contribution in [2.75, 3.05) is 26.2 Å².